The molecule has 0 aromatic heterocycles. The highest BCUT2D eigenvalue weighted by molar-refractivity contribution is 5.82. The summed E-state index contributed by atoms with van der Waals surface area (Å²) in [6.07, 6.45) is -0.111. The maximum Gasteiger partial charge on any atom is 0.315 e. The molecular weight excluding hydrogens is 432 g/mol. The maximum absolute atomic E-state index is 12.8. The molecule has 0 aliphatic rings. The van der Waals surface area contributed by atoms with Gasteiger partial charge in [0.2, 0.25) is 0 Å². The second-order valence-corrected chi connectivity index (χ2v) is 6.99. The van der Waals surface area contributed by atoms with Gasteiger partial charge in [-0.3, -0.25) is 29.8 Å². The Labute approximate surface area is 187 Å². The number of carbonyl (C=O) groups is 2. The van der Waals surface area contributed by atoms with E-state index >= 15 is 0 Å². The first kappa shape index (κ1) is 23.1. The fraction of sp³-hybridized carbons (Fsp3) is 0.130. The van der Waals surface area contributed by atoms with E-state index in [1.54, 1.807) is 24.3 Å². The largest absolute Gasteiger partial charge is 0.427 e. The standard InChI is InChI=1S/C23H18N2O8/c26-22(32-20-10-6-18(7-11-20)24(28)29)15-17(14-16-4-2-1-3-5-16)23(27)33-21-12-8-19(9-13-21)25(30)31/h1-13,17H,14-15H2/t17-/m1/s1. The van der Waals surface area contributed by atoms with Crippen LogP contribution in [0.1, 0.15) is 12.0 Å². The minimum Gasteiger partial charge on any atom is -0.427 e. The van der Waals surface area contributed by atoms with Gasteiger partial charge in [0.1, 0.15) is 11.5 Å². The molecule has 0 saturated heterocycles. The first-order valence-corrected chi connectivity index (χ1v) is 9.77. The molecule has 0 amide bonds. The zero-order valence-corrected chi connectivity index (χ0v) is 17.2. The minimum atomic E-state index is -0.895. The summed E-state index contributed by atoms with van der Waals surface area (Å²) < 4.78 is 10.5. The number of rotatable bonds is 9. The van der Waals surface area contributed by atoms with Crippen molar-refractivity contribution in [3.8, 4) is 11.5 Å². The topological polar surface area (TPSA) is 139 Å². The van der Waals surface area contributed by atoms with E-state index in [-0.39, 0.29) is 35.7 Å². The molecule has 3 aromatic carbocycles. The molecule has 3 rings (SSSR count). The average molecular weight is 450 g/mol. The van der Waals surface area contributed by atoms with E-state index < -0.39 is 27.7 Å². The molecule has 0 radical (unpaired) electrons. The summed E-state index contributed by atoms with van der Waals surface area (Å²) in [5, 5.41) is 21.5. The predicted molar refractivity (Wildman–Crippen MR) is 116 cm³/mol. The molecule has 0 saturated carbocycles. The van der Waals surface area contributed by atoms with Gasteiger partial charge >= 0.3 is 11.9 Å². The van der Waals surface area contributed by atoms with E-state index in [0.29, 0.717) is 0 Å². The quantitative estimate of drug-likeness (QED) is 0.204. The van der Waals surface area contributed by atoms with E-state index in [1.807, 2.05) is 6.07 Å². The number of hydrogen-bond acceptors (Lipinski definition) is 8. The van der Waals surface area contributed by atoms with Crippen LogP contribution in [-0.4, -0.2) is 21.8 Å². The summed E-state index contributed by atoms with van der Waals surface area (Å²) in [6.45, 7) is 0. The van der Waals surface area contributed by atoms with Crippen LogP contribution in [0, 0.1) is 26.1 Å². The van der Waals surface area contributed by atoms with Crippen molar-refractivity contribution >= 4 is 23.3 Å². The lowest BCUT2D eigenvalue weighted by molar-refractivity contribution is -0.385. The predicted octanol–water partition coefficient (Wildman–Crippen LogP) is 4.26. The van der Waals surface area contributed by atoms with Crippen molar-refractivity contribution in [1.82, 2.24) is 0 Å². The van der Waals surface area contributed by atoms with Gasteiger partial charge in [-0.05, 0) is 36.2 Å². The van der Waals surface area contributed by atoms with Crippen molar-refractivity contribution in [3.63, 3.8) is 0 Å². The van der Waals surface area contributed by atoms with Crippen LogP contribution in [0.5, 0.6) is 11.5 Å². The van der Waals surface area contributed by atoms with Crippen LogP contribution in [-0.2, 0) is 16.0 Å². The minimum absolute atomic E-state index is 0.104. The van der Waals surface area contributed by atoms with Crippen LogP contribution in [0.4, 0.5) is 11.4 Å². The molecule has 0 fully saturated rings. The number of esters is 2. The van der Waals surface area contributed by atoms with Crippen LogP contribution in [0.2, 0.25) is 0 Å². The van der Waals surface area contributed by atoms with Gasteiger partial charge in [-0.25, -0.2) is 0 Å². The van der Waals surface area contributed by atoms with Gasteiger partial charge in [0.25, 0.3) is 11.4 Å². The molecule has 0 bridgehead atoms. The fourth-order valence-electron chi connectivity index (χ4n) is 2.98. The van der Waals surface area contributed by atoms with Gasteiger partial charge in [-0.15, -0.1) is 0 Å². The molecular formula is C23H18N2O8. The van der Waals surface area contributed by atoms with Crippen molar-refractivity contribution in [2.24, 2.45) is 5.92 Å². The molecule has 0 unspecified atom stereocenters. The van der Waals surface area contributed by atoms with Crippen LogP contribution in [0.25, 0.3) is 0 Å². The van der Waals surface area contributed by atoms with Gasteiger partial charge in [-0.1, -0.05) is 30.3 Å². The molecule has 0 spiro atoms. The summed E-state index contributed by atoms with van der Waals surface area (Å²) >= 11 is 0. The van der Waals surface area contributed by atoms with E-state index in [4.69, 9.17) is 9.47 Å². The van der Waals surface area contributed by atoms with Crippen LogP contribution < -0.4 is 9.47 Å². The van der Waals surface area contributed by atoms with E-state index in [1.165, 1.54) is 48.5 Å². The Morgan fingerprint density at radius 1 is 0.727 bits per heavy atom. The number of ether oxygens (including phenoxy) is 2. The fourth-order valence-corrected chi connectivity index (χ4v) is 2.98. The zero-order chi connectivity index (χ0) is 23.8. The molecule has 0 N–H and O–H groups in total. The number of non-ortho nitro benzene ring substituents is 2. The third kappa shape index (κ3) is 6.69. The molecule has 168 valence electrons. The number of hydrogen-bond donors (Lipinski definition) is 0. The van der Waals surface area contributed by atoms with Crippen LogP contribution in [0.3, 0.4) is 0 Å². The Bertz CT molecular complexity index is 1150. The highest BCUT2D eigenvalue weighted by atomic mass is 16.6. The third-order valence-corrected chi connectivity index (χ3v) is 4.62. The second kappa shape index (κ2) is 10.6. The van der Waals surface area contributed by atoms with Crippen molar-refractivity contribution in [3.05, 3.63) is 105 Å². The highest BCUT2D eigenvalue weighted by Crippen LogP contribution is 2.22. The average Bonchev–Trinajstić information content (AvgIpc) is 2.80. The molecule has 3 aromatic rings. The van der Waals surface area contributed by atoms with E-state index in [2.05, 4.69) is 0 Å². The molecule has 10 nitrogen and oxygen atoms in total. The van der Waals surface area contributed by atoms with E-state index in [9.17, 15) is 29.8 Å². The van der Waals surface area contributed by atoms with Crippen LogP contribution >= 0.6 is 0 Å². The van der Waals surface area contributed by atoms with Crippen molar-refractivity contribution in [2.45, 2.75) is 12.8 Å². The number of carbonyl (C=O) groups excluding carboxylic acids is 2. The lowest BCUT2D eigenvalue weighted by Gasteiger charge is -2.15. The number of benzene rings is 3. The summed E-state index contributed by atoms with van der Waals surface area (Å²) in [5.41, 5.74) is 0.497. The van der Waals surface area contributed by atoms with Gasteiger partial charge in [0.15, 0.2) is 0 Å². The van der Waals surface area contributed by atoms with Crippen molar-refractivity contribution in [2.75, 3.05) is 0 Å². The summed E-state index contributed by atoms with van der Waals surface area (Å²) in [6, 6.07) is 19.0. The van der Waals surface area contributed by atoms with Crippen molar-refractivity contribution < 1.29 is 28.9 Å². The Kier molecular flexibility index (Phi) is 7.43. The molecule has 0 aliphatic heterocycles. The Morgan fingerprint density at radius 2 is 1.21 bits per heavy atom. The highest BCUT2D eigenvalue weighted by Gasteiger charge is 2.26. The van der Waals surface area contributed by atoms with Gasteiger partial charge in [0, 0.05) is 24.3 Å². The second-order valence-electron chi connectivity index (χ2n) is 6.99. The summed E-state index contributed by atoms with van der Waals surface area (Å²) in [5.74, 6) is -2.10. The number of nitro benzene ring substituents is 2. The molecule has 10 heteroatoms. The maximum atomic E-state index is 12.8. The lowest BCUT2D eigenvalue weighted by Crippen LogP contribution is -2.27. The number of nitro groups is 2. The first-order valence-electron chi connectivity index (χ1n) is 9.77. The SMILES string of the molecule is O=C(C[C@@H](Cc1ccccc1)C(=O)Oc1ccc([N+](=O)[O-])cc1)Oc1ccc([N+](=O)[O-])cc1. The van der Waals surface area contributed by atoms with Crippen LogP contribution in [0.15, 0.2) is 78.9 Å². The lowest BCUT2D eigenvalue weighted by atomic mass is 9.96. The van der Waals surface area contributed by atoms with Gasteiger partial charge in [0.05, 0.1) is 22.2 Å². The van der Waals surface area contributed by atoms with Crippen molar-refractivity contribution in [1.29, 1.82) is 0 Å². The number of nitrogens with zero attached hydrogens (tertiary/aromatic N) is 2. The molecule has 1 atom stereocenters. The molecule has 33 heavy (non-hydrogen) atoms. The Hall–Kier alpha value is -4.60. The van der Waals surface area contributed by atoms with Gasteiger partial charge < -0.3 is 9.47 Å². The summed E-state index contributed by atoms with van der Waals surface area (Å²) in [4.78, 5) is 45.7. The smallest absolute Gasteiger partial charge is 0.315 e. The normalized spacial score (nSPS) is 11.3. The molecule has 0 heterocycles. The summed E-state index contributed by atoms with van der Waals surface area (Å²) in [7, 11) is 0. The Morgan fingerprint density at radius 3 is 1.70 bits per heavy atom. The van der Waals surface area contributed by atoms with E-state index in [0.717, 1.165) is 5.56 Å². The van der Waals surface area contributed by atoms with Gasteiger partial charge in [-0.2, -0.15) is 0 Å². The molecule has 0 aliphatic carbocycles. The zero-order valence-electron chi connectivity index (χ0n) is 17.2. The Balaban J connectivity index is 1.71. The third-order valence-electron chi connectivity index (χ3n) is 4.62. The first-order chi connectivity index (χ1) is 15.8. The monoisotopic (exact) mass is 450 g/mol.